The van der Waals surface area contributed by atoms with Gasteiger partial charge in [0.1, 0.15) is 0 Å². The number of nitrogens with zero attached hydrogens (tertiary/aromatic N) is 2. The molecule has 0 amide bonds. The number of likely N-dealkylation sites (N-methyl/N-ethyl adjacent to an activating group) is 1. The number of thiazole rings is 1. The molecular formula is C13H23N3S. The monoisotopic (exact) mass is 253 g/mol. The zero-order valence-electron chi connectivity index (χ0n) is 10.9. The smallest absolute Gasteiger partial charge is 0.0798 e. The van der Waals surface area contributed by atoms with Crippen LogP contribution in [0, 0.1) is 6.92 Å². The summed E-state index contributed by atoms with van der Waals surface area (Å²) < 4.78 is 0. The highest BCUT2D eigenvalue weighted by atomic mass is 32.1. The fourth-order valence-corrected chi connectivity index (χ4v) is 3.23. The van der Waals surface area contributed by atoms with Gasteiger partial charge in [-0.25, -0.2) is 4.98 Å². The van der Waals surface area contributed by atoms with Gasteiger partial charge in [0.05, 0.1) is 11.2 Å². The van der Waals surface area contributed by atoms with Crippen LogP contribution in [0.3, 0.4) is 0 Å². The van der Waals surface area contributed by atoms with Gasteiger partial charge in [0.2, 0.25) is 0 Å². The lowest BCUT2D eigenvalue weighted by Gasteiger charge is -2.23. The first-order valence-electron chi connectivity index (χ1n) is 6.57. The van der Waals surface area contributed by atoms with Gasteiger partial charge in [0, 0.05) is 30.6 Å². The number of nitrogens with one attached hydrogen (secondary N) is 1. The minimum atomic E-state index is 0.835. The molecule has 1 aliphatic rings. The van der Waals surface area contributed by atoms with E-state index >= 15 is 0 Å². The number of hydrogen-bond acceptors (Lipinski definition) is 4. The minimum absolute atomic E-state index is 0.835. The molecule has 1 aliphatic carbocycles. The van der Waals surface area contributed by atoms with Crippen molar-refractivity contribution < 1.29 is 0 Å². The Morgan fingerprint density at radius 3 is 2.88 bits per heavy atom. The first-order chi connectivity index (χ1) is 8.27. The maximum atomic E-state index is 4.26. The van der Waals surface area contributed by atoms with Crippen molar-refractivity contribution in [3.8, 4) is 0 Å². The number of hydrogen-bond donors (Lipinski definition) is 1. The van der Waals surface area contributed by atoms with Gasteiger partial charge >= 0.3 is 0 Å². The lowest BCUT2D eigenvalue weighted by atomic mass is 10.2. The van der Waals surface area contributed by atoms with Crippen molar-refractivity contribution >= 4 is 11.3 Å². The summed E-state index contributed by atoms with van der Waals surface area (Å²) in [5.74, 6) is 0. The van der Waals surface area contributed by atoms with Crippen LogP contribution in [0.15, 0.2) is 5.51 Å². The minimum Gasteiger partial charge on any atom is -0.311 e. The van der Waals surface area contributed by atoms with Gasteiger partial charge in [-0.2, -0.15) is 0 Å². The summed E-state index contributed by atoms with van der Waals surface area (Å²) in [5, 5.41) is 3.51. The molecule has 0 aromatic carbocycles. The van der Waals surface area contributed by atoms with E-state index in [4.69, 9.17) is 0 Å². The molecular weight excluding hydrogens is 230 g/mol. The average Bonchev–Trinajstić information content (AvgIpc) is 2.96. The van der Waals surface area contributed by atoms with E-state index in [1.807, 2.05) is 5.51 Å². The van der Waals surface area contributed by atoms with Crippen molar-refractivity contribution in [3.05, 3.63) is 16.1 Å². The van der Waals surface area contributed by atoms with Gasteiger partial charge < -0.3 is 10.2 Å². The number of rotatable bonds is 6. The highest BCUT2D eigenvalue weighted by Crippen LogP contribution is 2.21. The maximum absolute atomic E-state index is 4.26. The second-order valence-corrected chi connectivity index (χ2v) is 5.90. The summed E-state index contributed by atoms with van der Waals surface area (Å²) in [4.78, 5) is 8.14. The lowest BCUT2D eigenvalue weighted by Crippen LogP contribution is -2.35. The molecule has 0 radical (unpaired) electrons. The van der Waals surface area contributed by atoms with Crippen molar-refractivity contribution in [2.45, 2.75) is 45.2 Å². The van der Waals surface area contributed by atoms with Crippen LogP contribution in [0.5, 0.6) is 0 Å². The fraction of sp³-hybridized carbons (Fsp3) is 0.769. The first-order valence-corrected chi connectivity index (χ1v) is 7.45. The van der Waals surface area contributed by atoms with Crippen LogP contribution in [0.2, 0.25) is 0 Å². The van der Waals surface area contributed by atoms with E-state index in [9.17, 15) is 0 Å². The van der Waals surface area contributed by atoms with Gasteiger partial charge in [-0.15, -0.1) is 11.3 Å². The Morgan fingerprint density at radius 2 is 2.24 bits per heavy atom. The number of aryl methyl sites for hydroxylation is 1. The molecule has 1 aromatic heterocycles. The van der Waals surface area contributed by atoms with Crippen LogP contribution in [0.4, 0.5) is 0 Å². The Balaban J connectivity index is 1.61. The summed E-state index contributed by atoms with van der Waals surface area (Å²) in [6, 6.07) is 0.835. The molecule has 2 rings (SSSR count). The SMILES string of the molecule is Cc1ncsc1CNCCN(C)C1CCCC1. The molecule has 0 atom stereocenters. The summed E-state index contributed by atoms with van der Waals surface area (Å²) in [6.45, 7) is 5.28. The third kappa shape index (κ3) is 3.76. The Hall–Kier alpha value is -0.450. The molecule has 1 N–H and O–H groups in total. The normalized spacial score (nSPS) is 17.1. The zero-order chi connectivity index (χ0) is 12.1. The molecule has 4 heteroatoms. The topological polar surface area (TPSA) is 28.2 Å². The molecule has 1 heterocycles. The van der Waals surface area contributed by atoms with E-state index in [1.165, 1.54) is 36.3 Å². The van der Waals surface area contributed by atoms with Crippen LogP contribution < -0.4 is 5.32 Å². The highest BCUT2D eigenvalue weighted by molar-refractivity contribution is 7.09. The fourth-order valence-electron chi connectivity index (χ4n) is 2.48. The summed E-state index contributed by atoms with van der Waals surface area (Å²) in [6.07, 6.45) is 5.62. The molecule has 1 saturated carbocycles. The molecule has 1 aromatic rings. The molecule has 96 valence electrons. The molecule has 17 heavy (non-hydrogen) atoms. The second-order valence-electron chi connectivity index (χ2n) is 4.96. The molecule has 0 saturated heterocycles. The highest BCUT2D eigenvalue weighted by Gasteiger charge is 2.18. The predicted molar refractivity (Wildman–Crippen MR) is 73.4 cm³/mol. The average molecular weight is 253 g/mol. The molecule has 0 unspecified atom stereocenters. The van der Waals surface area contributed by atoms with E-state index in [2.05, 4.69) is 29.2 Å². The van der Waals surface area contributed by atoms with Crippen molar-refractivity contribution in [3.63, 3.8) is 0 Å². The van der Waals surface area contributed by atoms with E-state index in [0.717, 1.165) is 25.7 Å². The second kappa shape index (κ2) is 6.47. The predicted octanol–water partition coefficient (Wildman–Crippen LogP) is 2.42. The first kappa shape index (κ1) is 13.0. The van der Waals surface area contributed by atoms with Gasteiger partial charge in [-0.1, -0.05) is 12.8 Å². The molecule has 1 fully saturated rings. The van der Waals surface area contributed by atoms with E-state index < -0.39 is 0 Å². The number of aromatic nitrogens is 1. The Labute approximate surface area is 108 Å². The zero-order valence-corrected chi connectivity index (χ0v) is 11.7. The maximum Gasteiger partial charge on any atom is 0.0798 e. The van der Waals surface area contributed by atoms with Gasteiger partial charge in [0.15, 0.2) is 0 Å². The molecule has 3 nitrogen and oxygen atoms in total. The van der Waals surface area contributed by atoms with Crippen LogP contribution in [0.25, 0.3) is 0 Å². The van der Waals surface area contributed by atoms with Crippen LogP contribution in [-0.2, 0) is 6.54 Å². The largest absolute Gasteiger partial charge is 0.311 e. The van der Waals surface area contributed by atoms with Crippen molar-refractivity contribution in [1.82, 2.24) is 15.2 Å². The summed E-state index contributed by atoms with van der Waals surface area (Å²) in [7, 11) is 2.26. The standard InChI is InChI=1S/C13H23N3S/c1-11-13(17-10-15-11)9-14-7-8-16(2)12-5-3-4-6-12/h10,12,14H,3-9H2,1-2H3. The molecule has 0 bridgehead atoms. The van der Waals surface area contributed by atoms with Crippen LogP contribution in [-0.4, -0.2) is 36.1 Å². The lowest BCUT2D eigenvalue weighted by molar-refractivity contribution is 0.245. The Bertz CT molecular complexity index is 331. The van der Waals surface area contributed by atoms with E-state index in [0.29, 0.717) is 0 Å². The van der Waals surface area contributed by atoms with Crippen LogP contribution >= 0.6 is 11.3 Å². The third-order valence-corrected chi connectivity index (χ3v) is 4.65. The quantitative estimate of drug-likeness (QED) is 0.789. The van der Waals surface area contributed by atoms with Gasteiger partial charge in [-0.3, -0.25) is 0 Å². The van der Waals surface area contributed by atoms with Crippen molar-refractivity contribution in [2.75, 3.05) is 20.1 Å². The molecule has 0 spiro atoms. The van der Waals surface area contributed by atoms with Crippen molar-refractivity contribution in [1.29, 1.82) is 0 Å². The van der Waals surface area contributed by atoms with Crippen molar-refractivity contribution in [2.24, 2.45) is 0 Å². The molecule has 0 aliphatic heterocycles. The van der Waals surface area contributed by atoms with Gasteiger partial charge in [-0.05, 0) is 26.8 Å². The third-order valence-electron chi connectivity index (χ3n) is 3.72. The Kier molecular flexibility index (Phi) is 4.95. The summed E-state index contributed by atoms with van der Waals surface area (Å²) >= 11 is 1.75. The summed E-state index contributed by atoms with van der Waals surface area (Å²) in [5.41, 5.74) is 3.10. The van der Waals surface area contributed by atoms with E-state index in [-0.39, 0.29) is 0 Å². The van der Waals surface area contributed by atoms with E-state index in [1.54, 1.807) is 11.3 Å². The Morgan fingerprint density at radius 1 is 1.47 bits per heavy atom. The van der Waals surface area contributed by atoms with Crippen LogP contribution in [0.1, 0.15) is 36.3 Å². The van der Waals surface area contributed by atoms with Gasteiger partial charge in [0.25, 0.3) is 0 Å².